The number of aliphatic hydroxyl groups excluding tert-OH is 1. The largest absolute Gasteiger partial charge is 0.406 e. The minimum absolute atomic E-state index is 0.0928. The molecule has 1 saturated carbocycles. The number of rotatable bonds is 18. The second kappa shape index (κ2) is 18.0. The van der Waals surface area contributed by atoms with Gasteiger partial charge in [-0.05, 0) is 50.5 Å². The predicted octanol–water partition coefficient (Wildman–Crippen LogP) is 5.54. The molecule has 43 heavy (non-hydrogen) atoms. The van der Waals surface area contributed by atoms with Crippen LogP contribution in [-0.4, -0.2) is 53.2 Å². The lowest BCUT2D eigenvalue weighted by molar-refractivity contribution is -0.131. The van der Waals surface area contributed by atoms with Gasteiger partial charge in [0.2, 0.25) is 11.8 Å². The van der Waals surface area contributed by atoms with Gasteiger partial charge in [-0.3, -0.25) is 18.6 Å². The number of carbonyl (C=O) groups excluding carboxylic acids is 2. The minimum atomic E-state index is -3.80. The molecule has 1 fully saturated rings. The van der Waals surface area contributed by atoms with Crippen molar-refractivity contribution in [3.8, 4) is 0 Å². The minimum Gasteiger partial charge on any atom is -0.384 e. The van der Waals surface area contributed by atoms with Gasteiger partial charge in [0, 0.05) is 11.6 Å². The summed E-state index contributed by atoms with van der Waals surface area (Å²) in [6.07, 6.45) is 7.56. The first-order chi connectivity index (χ1) is 20.6. The van der Waals surface area contributed by atoms with Gasteiger partial charge < -0.3 is 15.7 Å². The summed E-state index contributed by atoms with van der Waals surface area (Å²) >= 11 is 1.36. The fraction of sp³-hybridized carbons (Fsp3) is 0.645. The molecule has 240 valence electrons. The number of amides is 2. The average Bonchev–Trinajstić information content (AvgIpc) is 3.52. The van der Waals surface area contributed by atoms with Gasteiger partial charge in [0.25, 0.3) is 0 Å². The molecule has 1 aromatic carbocycles. The Labute approximate surface area is 260 Å². The summed E-state index contributed by atoms with van der Waals surface area (Å²) in [6.45, 7) is 7.63. The van der Waals surface area contributed by atoms with Crippen molar-refractivity contribution in [1.82, 2.24) is 20.7 Å². The lowest BCUT2D eigenvalue weighted by Gasteiger charge is -2.31. The molecule has 0 radical (unpaired) electrons. The Morgan fingerprint density at radius 1 is 1.02 bits per heavy atom. The van der Waals surface area contributed by atoms with E-state index in [1.807, 2.05) is 49.6 Å². The number of nitrogens with one attached hydrogen (secondary N) is 3. The SMILES string of the molecule is CCOP(=O)(N[C@H](Cc1ccccc1)C(=O)NC(CC(C)C)C(=O)NC(CC1CCCCC1)[C@H](O)c1nccs1)OCC. The van der Waals surface area contributed by atoms with E-state index >= 15 is 0 Å². The number of benzene rings is 1. The Bertz CT molecular complexity index is 1140. The van der Waals surface area contributed by atoms with Gasteiger partial charge in [-0.25, -0.2) is 14.6 Å². The van der Waals surface area contributed by atoms with E-state index in [1.165, 1.54) is 17.8 Å². The van der Waals surface area contributed by atoms with Crippen molar-refractivity contribution in [2.75, 3.05) is 13.2 Å². The van der Waals surface area contributed by atoms with Crippen molar-refractivity contribution in [3.05, 3.63) is 52.5 Å². The molecule has 2 amide bonds. The van der Waals surface area contributed by atoms with Gasteiger partial charge in [0.1, 0.15) is 23.2 Å². The number of thiazole rings is 1. The van der Waals surface area contributed by atoms with Gasteiger partial charge in [-0.2, -0.15) is 0 Å². The van der Waals surface area contributed by atoms with Crippen LogP contribution in [0, 0.1) is 11.8 Å². The van der Waals surface area contributed by atoms with Gasteiger partial charge in [0.05, 0.1) is 19.3 Å². The van der Waals surface area contributed by atoms with Crippen molar-refractivity contribution in [2.24, 2.45) is 11.8 Å². The number of aliphatic hydroxyl groups is 1. The van der Waals surface area contributed by atoms with E-state index in [0.717, 1.165) is 31.2 Å². The molecule has 4 N–H and O–H groups in total. The predicted molar refractivity (Wildman–Crippen MR) is 170 cm³/mol. The highest BCUT2D eigenvalue weighted by Crippen LogP contribution is 2.44. The van der Waals surface area contributed by atoms with E-state index in [4.69, 9.17) is 9.05 Å². The highest BCUT2D eigenvalue weighted by Gasteiger charge is 2.35. The maximum Gasteiger partial charge on any atom is 0.406 e. The van der Waals surface area contributed by atoms with E-state index in [1.54, 1.807) is 20.0 Å². The van der Waals surface area contributed by atoms with Crippen molar-refractivity contribution in [2.45, 2.75) is 103 Å². The first-order valence-electron chi connectivity index (χ1n) is 15.5. The average molecular weight is 637 g/mol. The van der Waals surface area contributed by atoms with Crippen LogP contribution >= 0.6 is 19.1 Å². The van der Waals surface area contributed by atoms with Crippen LogP contribution in [0.1, 0.15) is 89.3 Å². The normalized spacial score (nSPS) is 17.3. The third-order valence-electron chi connectivity index (χ3n) is 7.58. The van der Waals surface area contributed by atoms with Crippen LogP contribution in [0.5, 0.6) is 0 Å². The van der Waals surface area contributed by atoms with E-state index in [0.29, 0.717) is 23.8 Å². The van der Waals surface area contributed by atoms with Gasteiger partial charge in [-0.1, -0.05) is 76.3 Å². The summed E-state index contributed by atoms with van der Waals surface area (Å²) in [4.78, 5) is 31.9. The van der Waals surface area contributed by atoms with Crippen LogP contribution in [-0.2, 0) is 29.6 Å². The number of nitrogens with zero attached hydrogens (tertiary/aromatic N) is 1. The molecule has 4 atom stereocenters. The molecule has 3 rings (SSSR count). The maximum absolute atomic E-state index is 13.8. The first-order valence-corrected chi connectivity index (χ1v) is 17.9. The van der Waals surface area contributed by atoms with Crippen molar-refractivity contribution in [1.29, 1.82) is 0 Å². The summed E-state index contributed by atoms with van der Waals surface area (Å²) in [5, 5.41) is 22.4. The summed E-state index contributed by atoms with van der Waals surface area (Å²) in [5.41, 5.74) is 0.846. The highest BCUT2D eigenvalue weighted by atomic mass is 32.1. The van der Waals surface area contributed by atoms with Crippen LogP contribution in [0.25, 0.3) is 0 Å². The number of aromatic nitrogens is 1. The third-order valence-corrected chi connectivity index (χ3v) is 10.2. The first kappa shape index (κ1) is 35.3. The highest BCUT2D eigenvalue weighted by molar-refractivity contribution is 7.51. The van der Waals surface area contributed by atoms with Crippen LogP contribution in [0.4, 0.5) is 0 Å². The Morgan fingerprint density at radius 3 is 2.26 bits per heavy atom. The lowest BCUT2D eigenvalue weighted by Crippen LogP contribution is -2.55. The molecule has 10 nitrogen and oxygen atoms in total. The zero-order chi connectivity index (χ0) is 31.2. The quantitative estimate of drug-likeness (QED) is 0.156. The lowest BCUT2D eigenvalue weighted by atomic mass is 9.83. The topological polar surface area (TPSA) is 139 Å². The summed E-state index contributed by atoms with van der Waals surface area (Å²) < 4.78 is 24.2. The molecule has 0 saturated heterocycles. The summed E-state index contributed by atoms with van der Waals surface area (Å²) in [6, 6.07) is 6.96. The van der Waals surface area contributed by atoms with E-state index in [9.17, 15) is 19.3 Å². The smallest absolute Gasteiger partial charge is 0.384 e. The van der Waals surface area contributed by atoms with E-state index < -0.39 is 37.9 Å². The third kappa shape index (κ3) is 11.7. The zero-order valence-corrected chi connectivity index (χ0v) is 27.6. The fourth-order valence-electron chi connectivity index (χ4n) is 5.55. The van der Waals surface area contributed by atoms with Gasteiger partial charge in [0.15, 0.2) is 0 Å². The second-order valence-electron chi connectivity index (χ2n) is 11.6. The Hall–Kier alpha value is -2.14. The fourth-order valence-corrected chi connectivity index (χ4v) is 7.73. The zero-order valence-electron chi connectivity index (χ0n) is 25.9. The molecule has 0 spiro atoms. The van der Waals surface area contributed by atoms with E-state index in [-0.39, 0.29) is 31.5 Å². The molecule has 1 aliphatic rings. The number of hydrogen-bond donors (Lipinski definition) is 4. The van der Waals surface area contributed by atoms with Crippen LogP contribution < -0.4 is 15.7 Å². The Kier molecular flexibility index (Phi) is 14.8. The molecule has 1 aliphatic carbocycles. The van der Waals surface area contributed by atoms with E-state index in [2.05, 4.69) is 20.7 Å². The van der Waals surface area contributed by atoms with Crippen LogP contribution in [0.2, 0.25) is 0 Å². The molecule has 0 aliphatic heterocycles. The second-order valence-corrected chi connectivity index (χ2v) is 14.3. The summed E-state index contributed by atoms with van der Waals surface area (Å²) in [7, 11) is -3.80. The number of hydrogen-bond acceptors (Lipinski definition) is 8. The monoisotopic (exact) mass is 636 g/mol. The summed E-state index contributed by atoms with van der Waals surface area (Å²) in [5.74, 6) is -0.365. The van der Waals surface area contributed by atoms with Crippen LogP contribution in [0.15, 0.2) is 41.9 Å². The Morgan fingerprint density at radius 2 is 1.67 bits per heavy atom. The van der Waals surface area contributed by atoms with Crippen molar-refractivity contribution >= 4 is 30.9 Å². The molecule has 1 aromatic heterocycles. The Balaban J connectivity index is 1.82. The number of carbonyl (C=O) groups is 2. The molecule has 2 unspecified atom stereocenters. The van der Waals surface area contributed by atoms with Crippen LogP contribution in [0.3, 0.4) is 0 Å². The van der Waals surface area contributed by atoms with Gasteiger partial charge in [-0.15, -0.1) is 11.3 Å². The molecule has 2 aromatic rings. The maximum atomic E-state index is 13.8. The molecule has 12 heteroatoms. The van der Waals surface area contributed by atoms with Crippen molar-refractivity contribution in [3.63, 3.8) is 0 Å². The molecule has 0 bridgehead atoms. The molecule has 1 heterocycles. The van der Waals surface area contributed by atoms with Gasteiger partial charge >= 0.3 is 7.75 Å². The standard InChI is InChI=1S/C31H49N4O6PS/c1-5-40-42(39,41-6-2)35-27(21-24-15-11-8-12-16-24)30(38)34-26(19-22(3)4)29(37)33-25(20-23-13-9-7-10-14-23)28(36)31-32-17-18-43-31/h8,11-12,15-18,22-23,25-28,36H,5-7,9-10,13-14,19-21H2,1-4H3,(H,33,37)(H,34,38)(H,35,39)/t25?,26?,27-,28+/m1/s1. The molecular weight excluding hydrogens is 587 g/mol. The molecular formula is C31H49N4O6PS. The van der Waals surface area contributed by atoms with Crippen molar-refractivity contribution < 1.29 is 28.3 Å².